The van der Waals surface area contributed by atoms with Crippen LogP contribution in [0.1, 0.15) is 25.3 Å². The highest BCUT2D eigenvalue weighted by Gasteiger charge is 2.10. The lowest BCUT2D eigenvalue weighted by molar-refractivity contribution is 0.143. The summed E-state index contributed by atoms with van der Waals surface area (Å²) in [5.74, 6) is 0. The van der Waals surface area contributed by atoms with E-state index in [2.05, 4.69) is 59.5 Å². The summed E-state index contributed by atoms with van der Waals surface area (Å²) in [5.41, 5.74) is 6.57. The molecule has 2 aromatic heterocycles. The maximum atomic E-state index is 5.28. The summed E-state index contributed by atoms with van der Waals surface area (Å²) in [6.45, 7) is 6.01. The molecule has 5 nitrogen and oxygen atoms in total. The fourth-order valence-corrected chi connectivity index (χ4v) is 3.78. The van der Waals surface area contributed by atoms with Crippen molar-refractivity contribution >= 4 is 5.65 Å². The maximum Gasteiger partial charge on any atom is 0.162 e. The van der Waals surface area contributed by atoms with Crippen molar-refractivity contribution in [2.45, 2.75) is 26.3 Å². The second kappa shape index (κ2) is 10.3. The molecule has 0 aliphatic rings. The van der Waals surface area contributed by atoms with E-state index in [1.54, 1.807) is 7.11 Å². The zero-order valence-electron chi connectivity index (χ0n) is 18.4. The van der Waals surface area contributed by atoms with Crippen LogP contribution in [0.15, 0.2) is 73.2 Å². The molecule has 2 heterocycles. The van der Waals surface area contributed by atoms with Crippen molar-refractivity contribution in [1.29, 1.82) is 0 Å². The third-order valence-corrected chi connectivity index (χ3v) is 5.57. The van der Waals surface area contributed by atoms with Crippen LogP contribution in [0.4, 0.5) is 0 Å². The molecule has 0 aliphatic carbocycles. The van der Waals surface area contributed by atoms with Crippen molar-refractivity contribution < 1.29 is 4.74 Å². The summed E-state index contributed by atoms with van der Waals surface area (Å²) in [5, 5.41) is 4.53. The van der Waals surface area contributed by atoms with Crippen LogP contribution in [0.2, 0.25) is 0 Å². The van der Waals surface area contributed by atoms with E-state index in [0.717, 1.165) is 54.1 Å². The van der Waals surface area contributed by atoms with Crippen LogP contribution in [0, 0.1) is 0 Å². The Morgan fingerprint density at radius 3 is 2.45 bits per heavy atom. The van der Waals surface area contributed by atoms with Crippen LogP contribution in [-0.2, 0) is 11.3 Å². The minimum absolute atomic E-state index is 0.766. The summed E-state index contributed by atoms with van der Waals surface area (Å²) < 4.78 is 7.14. The molecule has 0 atom stereocenters. The van der Waals surface area contributed by atoms with E-state index in [0.29, 0.717) is 0 Å². The number of fused-ring (bicyclic) bond motifs is 1. The lowest BCUT2D eigenvalue weighted by Crippen LogP contribution is -2.28. The summed E-state index contributed by atoms with van der Waals surface area (Å²) in [6.07, 6.45) is 8.29. The third-order valence-electron chi connectivity index (χ3n) is 5.57. The first kappa shape index (κ1) is 21.2. The monoisotopic (exact) mass is 414 g/mol. The Bertz CT molecular complexity index is 1080. The lowest BCUT2D eigenvalue weighted by Gasteiger charge is -2.22. The summed E-state index contributed by atoms with van der Waals surface area (Å²) in [4.78, 5) is 7.17. The van der Waals surface area contributed by atoms with Gasteiger partial charge in [0.2, 0.25) is 0 Å². The first-order chi connectivity index (χ1) is 15.3. The molecular weight excluding hydrogens is 384 g/mol. The van der Waals surface area contributed by atoms with Crippen molar-refractivity contribution in [1.82, 2.24) is 19.5 Å². The van der Waals surface area contributed by atoms with Crippen LogP contribution in [-0.4, -0.2) is 46.3 Å². The van der Waals surface area contributed by atoms with Gasteiger partial charge in [-0.05, 0) is 29.7 Å². The summed E-state index contributed by atoms with van der Waals surface area (Å²) >= 11 is 0. The Morgan fingerprint density at radius 1 is 0.903 bits per heavy atom. The van der Waals surface area contributed by atoms with E-state index in [-0.39, 0.29) is 0 Å². The molecule has 160 valence electrons. The van der Waals surface area contributed by atoms with Gasteiger partial charge in [-0.25, -0.2) is 9.50 Å². The second-order valence-corrected chi connectivity index (χ2v) is 7.85. The molecule has 4 aromatic rings. The van der Waals surface area contributed by atoms with Gasteiger partial charge in [0.05, 0.1) is 12.8 Å². The summed E-state index contributed by atoms with van der Waals surface area (Å²) in [7, 11) is 1.76. The van der Waals surface area contributed by atoms with Crippen molar-refractivity contribution in [3.8, 4) is 22.3 Å². The molecule has 0 saturated heterocycles. The lowest BCUT2D eigenvalue weighted by atomic mass is 10.1. The Morgan fingerprint density at radius 2 is 1.71 bits per heavy atom. The van der Waals surface area contributed by atoms with Crippen molar-refractivity contribution in [2.24, 2.45) is 0 Å². The molecule has 0 radical (unpaired) electrons. The number of nitrogens with zero attached hydrogens (tertiary/aromatic N) is 4. The van der Waals surface area contributed by atoms with Gasteiger partial charge in [0, 0.05) is 43.7 Å². The van der Waals surface area contributed by atoms with Crippen LogP contribution in [0.5, 0.6) is 0 Å². The average Bonchev–Trinajstić information content (AvgIpc) is 3.25. The van der Waals surface area contributed by atoms with Crippen LogP contribution in [0.25, 0.3) is 27.9 Å². The minimum Gasteiger partial charge on any atom is -0.383 e. The molecule has 0 unspecified atom stereocenters. The molecule has 2 aromatic carbocycles. The van der Waals surface area contributed by atoms with E-state index < -0.39 is 0 Å². The molecule has 4 rings (SSSR count). The van der Waals surface area contributed by atoms with E-state index in [1.807, 2.05) is 35.1 Å². The van der Waals surface area contributed by atoms with Crippen LogP contribution < -0.4 is 0 Å². The van der Waals surface area contributed by atoms with Crippen molar-refractivity contribution in [3.05, 3.63) is 78.8 Å². The topological polar surface area (TPSA) is 42.7 Å². The number of hydrogen-bond acceptors (Lipinski definition) is 4. The van der Waals surface area contributed by atoms with E-state index in [1.165, 1.54) is 18.4 Å². The van der Waals surface area contributed by atoms with Gasteiger partial charge in [-0.15, -0.1) is 0 Å². The first-order valence-corrected chi connectivity index (χ1v) is 11.0. The molecule has 0 saturated carbocycles. The smallest absolute Gasteiger partial charge is 0.162 e. The van der Waals surface area contributed by atoms with Crippen molar-refractivity contribution in [3.63, 3.8) is 0 Å². The fraction of sp³-hybridized carbons (Fsp3) is 0.308. The second-order valence-electron chi connectivity index (χ2n) is 7.85. The Hall–Kier alpha value is -3.02. The Balaban J connectivity index is 1.50. The van der Waals surface area contributed by atoms with Crippen LogP contribution >= 0.6 is 0 Å². The normalized spacial score (nSPS) is 11.5. The highest BCUT2D eigenvalue weighted by molar-refractivity contribution is 5.77. The van der Waals surface area contributed by atoms with Gasteiger partial charge in [0.15, 0.2) is 5.65 Å². The number of aromatic nitrogens is 3. The third kappa shape index (κ3) is 5.19. The van der Waals surface area contributed by atoms with Gasteiger partial charge >= 0.3 is 0 Å². The van der Waals surface area contributed by atoms with Gasteiger partial charge < -0.3 is 4.74 Å². The molecule has 0 N–H and O–H groups in total. The number of hydrogen-bond donors (Lipinski definition) is 0. The van der Waals surface area contributed by atoms with Gasteiger partial charge in [-0.3, -0.25) is 4.90 Å². The quantitative estimate of drug-likeness (QED) is 0.353. The first-order valence-electron chi connectivity index (χ1n) is 11.0. The van der Waals surface area contributed by atoms with E-state index in [9.17, 15) is 0 Å². The zero-order chi connectivity index (χ0) is 21.5. The largest absolute Gasteiger partial charge is 0.383 e. The Kier molecular flexibility index (Phi) is 7.07. The predicted octanol–water partition coefficient (Wildman–Crippen LogP) is 5.31. The van der Waals surface area contributed by atoms with E-state index >= 15 is 0 Å². The molecule has 0 fully saturated rings. The molecule has 0 bridgehead atoms. The highest BCUT2D eigenvalue weighted by atomic mass is 16.5. The minimum atomic E-state index is 0.766. The number of ether oxygens (including phenoxy) is 1. The molecular formula is C26H30N4O. The predicted molar refractivity (Wildman–Crippen MR) is 126 cm³/mol. The van der Waals surface area contributed by atoms with Gasteiger partial charge in [0.25, 0.3) is 0 Å². The van der Waals surface area contributed by atoms with Gasteiger partial charge in [0.1, 0.15) is 0 Å². The average molecular weight is 415 g/mol. The highest BCUT2D eigenvalue weighted by Crippen LogP contribution is 2.25. The zero-order valence-corrected chi connectivity index (χ0v) is 18.4. The number of methoxy groups -OCH3 is 1. The number of unbranched alkanes of at least 4 members (excludes halogenated alkanes) is 1. The standard InChI is InChI=1S/C26H30N4O/c1-3-4-14-29(15-16-31-2)19-21-10-12-22(13-11-21)24-17-27-26-25(18-28-30(26)20-24)23-8-6-5-7-9-23/h5-13,17-18,20H,3-4,14-16,19H2,1-2H3. The molecule has 5 heteroatoms. The number of benzene rings is 2. The van der Waals surface area contributed by atoms with E-state index in [4.69, 9.17) is 9.72 Å². The SMILES string of the molecule is CCCCN(CCOC)Cc1ccc(-c2cnc3c(-c4ccccc4)cnn3c2)cc1. The Labute approximate surface area is 184 Å². The molecule has 31 heavy (non-hydrogen) atoms. The molecule has 0 spiro atoms. The fourth-order valence-electron chi connectivity index (χ4n) is 3.78. The summed E-state index contributed by atoms with van der Waals surface area (Å²) in [6, 6.07) is 19.0. The maximum absolute atomic E-state index is 5.28. The molecule has 0 aliphatic heterocycles. The van der Waals surface area contributed by atoms with Crippen LogP contribution in [0.3, 0.4) is 0 Å². The van der Waals surface area contributed by atoms with Gasteiger partial charge in [-0.2, -0.15) is 5.10 Å². The van der Waals surface area contributed by atoms with Gasteiger partial charge in [-0.1, -0.05) is 67.9 Å². The number of rotatable bonds is 10. The molecule has 0 amide bonds. The van der Waals surface area contributed by atoms with Crippen molar-refractivity contribution in [2.75, 3.05) is 26.8 Å².